The van der Waals surface area contributed by atoms with Crippen LogP contribution in [0.15, 0.2) is 35.3 Å². The van der Waals surface area contributed by atoms with E-state index in [-0.39, 0.29) is 0 Å². The summed E-state index contributed by atoms with van der Waals surface area (Å²) in [6, 6.07) is 7.16. The number of nitrogens with zero attached hydrogens (tertiary/aromatic N) is 1. The van der Waals surface area contributed by atoms with Crippen LogP contribution in [0.4, 0.5) is 10.5 Å². The minimum atomic E-state index is -0.515. The maximum absolute atomic E-state index is 11.4. The van der Waals surface area contributed by atoms with Crippen molar-refractivity contribution >= 4 is 23.9 Å². The van der Waals surface area contributed by atoms with Crippen molar-refractivity contribution in [2.45, 2.75) is 26.4 Å². The van der Waals surface area contributed by atoms with E-state index in [2.05, 4.69) is 10.3 Å². The van der Waals surface area contributed by atoms with Crippen LogP contribution in [0.5, 0.6) is 0 Å². The minimum absolute atomic E-state index is 0.327. The lowest BCUT2D eigenvalue weighted by molar-refractivity contribution is 0.0534. The fourth-order valence-corrected chi connectivity index (χ4v) is 1.42. The number of hydrogen-bond acceptors (Lipinski definition) is 4. The van der Waals surface area contributed by atoms with Gasteiger partial charge in [0.15, 0.2) is 0 Å². The number of benzene rings is 1. The first-order valence-corrected chi connectivity index (χ1v) is 6.22. The Hall–Kier alpha value is -2.39. The lowest BCUT2D eigenvalue weighted by Crippen LogP contribution is -2.32. The van der Waals surface area contributed by atoms with Gasteiger partial charge in [0, 0.05) is 12.1 Å². The number of isocyanates is 1. The average Bonchev–Trinajstić information content (AvgIpc) is 2.34. The molecule has 0 aliphatic heterocycles. The van der Waals surface area contributed by atoms with E-state index in [1.807, 2.05) is 12.1 Å². The zero-order valence-electron chi connectivity index (χ0n) is 11.8. The SMILES string of the molecule is CC(C)(C)OC(=O)NCC=Cc1ccccc1N=C=O. The molecule has 5 heteroatoms. The maximum atomic E-state index is 11.4. The number of carbonyl (C=O) groups excluding carboxylic acids is 2. The quantitative estimate of drug-likeness (QED) is 0.677. The van der Waals surface area contributed by atoms with Crippen LogP contribution in [0.3, 0.4) is 0 Å². The Morgan fingerprint density at radius 2 is 2.10 bits per heavy atom. The molecule has 0 heterocycles. The summed E-state index contributed by atoms with van der Waals surface area (Å²) in [4.78, 5) is 25.3. The Morgan fingerprint density at radius 1 is 1.40 bits per heavy atom. The first kappa shape index (κ1) is 15.7. The molecule has 106 valence electrons. The molecule has 1 amide bonds. The van der Waals surface area contributed by atoms with Crippen molar-refractivity contribution in [3.05, 3.63) is 35.9 Å². The number of rotatable bonds is 4. The van der Waals surface area contributed by atoms with Crippen LogP contribution < -0.4 is 5.32 Å². The van der Waals surface area contributed by atoms with Crippen LogP contribution in [-0.2, 0) is 9.53 Å². The topological polar surface area (TPSA) is 67.8 Å². The van der Waals surface area contributed by atoms with Crippen LogP contribution in [0, 0.1) is 0 Å². The fourth-order valence-electron chi connectivity index (χ4n) is 1.42. The molecule has 0 atom stereocenters. The number of carbonyl (C=O) groups is 1. The average molecular weight is 274 g/mol. The maximum Gasteiger partial charge on any atom is 0.407 e. The summed E-state index contributed by atoms with van der Waals surface area (Å²) in [6.07, 6.45) is 4.56. The molecule has 0 radical (unpaired) electrons. The summed E-state index contributed by atoms with van der Waals surface area (Å²) in [6.45, 7) is 5.73. The highest BCUT2D eigenvalue weighted by molar-refractivity contribution is 5.69. The molecule has 1 aromatic rings. The first-order chi connectivity index (χ1) is 9.42. The number of amides is 1. The normalized spacial score (nSPS) is 10.9. The van der Waals surface area contributed by atoms with Crippen molar-refractivity contribution in [2.75, 3.05) is 6.54 Å². The van der Waals surface area contributed by atoms with E-state index in [0.29, 0.717) is 12.2 Å². The van der Waals surface area contributed by atoms with Crippen molar-refractivity contribution in [3.63, 3.8) is 0 Å². The number of para-hydroxylation sites is 1. The molecule has 1 N–H and O–H groups in total. The van der Waals surface area contributed by atoms with E-state index in [1.54, 1.807) is 45.1 Å². The Balaban J connectivity index is 2.54. The lowest BCUT2D eigenvalue weighted by Gasteiger charge is -2.19. The smallest absolute Gasteiger partial charge is 0.407 e. The summed E-state index contributed by atoms with van der Waals surface area (Å²) >= 11 is 0. The summed E-state index contributed by atoms with van der Waals surface area (Å²) in [7, 11) is 0. The third-order valence-corrected chi connectivity index (χ3v) is 2.16. The Bertz CT molecular complexity index is 538. The Labute approximate surface area is 118 Å². The van der Waals surface area contributed by atoms with Gasteiger partial charge in [-0.1, -0.05) is 30.4 Å². The second kappa shape index (κ2) is 7.26. The molecule has 5 nitrogen and oxygen atoms in total. The molecule has 0 aliphatic carbocycles. The molecule has 0 fully saturated rings. The molecule has 0 saturated heterocycles. The molecule has 0 bridgehead atoms. The first-order valence-electron chi connectivity index (χ1n) is 6.22. The third kappa shape index (κ3) is 5.98. The van der Waals surface area contributed by atoms with Gasteiger partial charge in [0.2, 0.25) is 6.08 Å². The highest BCUT2D eigenvalue weighted by Crippen LogP contribution is 2.19. The molecule has 0 spiro atoms. The predicted octanol–water partition coefficient (Wildman–Crippen LogP) is 3.19. The second-order valence-electron chi connectivity index (χ2n) is 5.05. The highest BCUT2D eigenvalue weighted by atomic mass is 16.6. The monoisotopic (exact) mass is 274 g/mol. The van der Waals surface area contributed by atoms with Crippen molar-refractivity contribution in [1.29, 1.82) is 0 Å². The lowest BCUT2D eigenvalue weighted by atomic mass is 10.1. The van der Waals surface area contributed by atoms with Gasteiger partial charge in [-0.25, -0.2) is 9.59 Å². The molecular formula is C15H18N2O3. The number of aliphatic imine (C=N–C) groups is 1. The van der Waals surface area contributed by atoms with E-state index >= 15 is 0 Å². The van der Waals surface area contributed by atoms with Crippen LogP contribution in [0.2, 0.25) is 0 Å². The highest BCUT2D eigenvalue weighted by Gasteiger charge is 2.14. The fraction of sp³-hybridized carbons (Fsp3) is 0.333. The van der Waals surface area contributed by atoms with Gasteiger partial charge in [-0.15, -0.1) is 0 Å². The van der Waals surface area contributed by atoms with Gasteiger partial charge in [-0.2, -0.15) is 4.99 Å². The van der Waals surface area contributed by atoms with E-state index < -0.39 is 11.7 Å². The van der Waals surface area contributed by atoms with E-state index in [1.165, 1.54) is 6.08 Å². The number of ether oxygens (including phenoxy) is 1. The second-order valence-corrected chi connectivity index (χ2v) is 5.05. The molecular weight excluding hydrogens is 256 g/mol. The van der Waals surface area contributed by atoms with Gasteiger partial charge in [0.25, 0.3) is 0 Å². The summed E-state index contributed by atoms with van der Waals surface area (Å²) in [5, 5.41) is 2.60. The van der Waals surface area contributed by atoms with Crippen LogP contribution in [0.1, 0.15) is 26.3 Å². The molecule has 20 heavy (non-hydrogen) atoms. The van der Waals surface area contributed by atoms with Gasteiger partial charge in [-0.3, -0.25) is 0 Å². The van der Waals surface area contributed by atoms with E-state index in [0.717, 1.165) is 5.56 Å². The van der Waals surface area contributed by atoms with Crippen LogP contribution in [-0.4, -0.2) is 24.3 Å². The largest absolute Gasteiger partial charge is 0.444 e. The van der Waals surface area contributed by atoms with Gasteiger partial charge >= 0.3 is 6.09 Å². The zero-order chi connectivity index (χ0) is 15.0. The molecule has 0 aromatic heterocycles. The van der Waals surface area contributed by atoms with Gasteiger partial charge < -0.3 is 10.1 Å². The van der Waals surface area contributed by atoms with Gasteiger partial charge in [0.1, 0.15) is 5.60 Å². The Morgan fingerprint density at radius 3 is 2.75 bits per heavy atom. The van der Waals surface area contributed by atoms with E-state index in [9.17, 15) is 9.59 Å². The molecule has 0 unspecified atom stereocenters. The number of nitrogens with one attached hydrogen (secondary N) is 1. The minimum Gasteiger partial charge on any atom is -0.444 e. The summed E-state index contributed by atoms with van der Waals surface area (Å²) in [5.41, 5.74) is 0.803. The van der Waals surface area contributed by atoms with Crippen LogP contribution in [0.25, 0.3) is 6.08 Å². The van der Waals surface area contributed by atoms with Crippen molar-refractivity contribution < 1.29 is 14.3 Å². The predicted molar refractivity (Wildman–Crippen MR) is 77.5 cm³/mol. The zero-order valence-corrected chi connectivity index (χ0v) is 11.8. The third-order valence-electron chi connectivity index (χ3n) is 2.16. The van der Waals surface area contributed by atoms with Gasteiger partial charge in [-0.05, 0) is 26.8 Å². The molecule has 1 rings (SSSR count). The van der Waals surface area contributed by atoms with Gasteiger partial charge in [0.05, 0.1) is 5.69 Å². The standard InChI is InChI=1S/C15H18N2O3/c1-15(2,3)20-14(19)16-10-6-8-12-7-4-5-9-13(12)17-11-18/h4-9H,10H2,1-3H3,(H,16,19). The van der Waals surface area contributed by atoms with Crippen molar-refractivity contribution in [2.24, 2.45) is 4.99 Å². The number of hydrogen-bond donors (Lipinski definition) is 1. The summed E-state index contributed by atoms with van der Waals surface area (Å²) in [5.74, 6) is 0. The summed E-state index contributed by atoms with van der Waals surface area (Å²) < 4.78 is 5.10. The van der Waals surface area contributed by atoms with E-state index in [4.69, 9.17) is 4.74 Å². The molecule has 0 aliphatic rings. The molecule has 1 aromatic carbocycles. The number of alkyl carbamates (subject to hydrolysis) is 1. The van der Waals surface area contributed by atoms with Crippen molar-refractivity contribution in [3.8, 4) is 0 Å². The van der Waals surface area contributed by atoms with Crippen molar-refractivity contribution in [1.82, 2.24) is 5.32 Å². The van der Waals surface area contributed by atoms with Crippen LogP contribution >= 0.6 is 0 Å². The molecule has 0 saturated carbocycles. The Kier molecular flexibility index (Phi) is 5.69.